The zero-order valence-corrected chi connectivity index (χ0v) is 31.2. The number of hydrogen-bond acceptors (Lipinski definition) is 0. The van der Waals surface area contributed by atoms with Crippen molar-refractivity contribution in [1.29, 1.82) is 0 Å². The van der Waals surface area contributed by atoms with E-state index in [2.05, 4.69) is 208 Å². The molecule has 0 saturated carbocycles. The molecule has 0 amide bonds. The summed E-state index contributed by atoms with van der Waals surface area (Å²) in [6.07, 6.45) is 0. The molecule has 4 rings (SSSR count). The molecule has 0 nitrogen and oxygen atoms in total. The Kier molecular flexibility index (Phi) is 14.4. The number of benzene rings is 4. The highest BCUT2D eigenvalue weighted by atomic mass is 14.2. The summed E-state index contributed by atoms with van der Waals surface area (Å²) >= 11 is 0. The topological polar surface area (TPSA) is 0 Å². The Morgan fingerprint density at radius 2 is 0.341 bits per heavy atom. The summed E-state index contributed by atoms with van der Waals surface area (Å²) < 4.78 is 0. The first-order chi connectivity index (χ1) is 20.0. The van der Waals surface area contributed by atoms with Gasteiger partial charge in [-0.1, -0.05) is 202 Å². The molecule has 0 aliphatic heterocycles. The van der Waals surface area contributed by atoms with E-state index in [1.165, 1.54) is 44.5 Å². The first-order valence-corrected chi connectivity index (χ1v) is 16.3. The van der Waals surface area contributed by atoms with E-state index >= 15 is 0 Å². The van der Waals surface area contributed by atoms with Gasteiger partial charge in [0.25, 0.3) is 0 Å². The van der Waals surface area contributed by atoms with Crippen molar-refractivity contribution in [3.8, 4) is 0 Å². The molecule has 0 saturated heterocycles. The summed E-state index contributed by atoms with van der Waals surface area (Å²) in [6.45, 7) is 35.3. The molecule has 0 aromatic heterocycles. The Balaban J connectivity index is 0.000000293. The number of rotatable bonds is 0. The average Bonchev–Trinajstić information content (AvgIpc) is 2.89. The molecule has 0 aliphatic carbocycles. The molecule has 0 N–H and O–H groups in total. The third kappa shape index (κ3) is 15.1. The minimum Gasteiger partial charge on any atom is -0.0590 e. The van der Waals surface area contributed by atoms with E-state index < -0.39 is 0 Å². The van der Waals surface area contributed by atoms with E-state index in [4.69, 9.17) is 0 Å². The third-order valence-electron chi connectivity index (χ3n) is 7.67. The maximum atomic E-state index is 2.23. The highest BCUT2D eigenvalue weighted by Gasteiger charge is 2.14. The maximum absolute atomic E-state index is 2.23. The van der Waals surface area contributed by atoms with Gasteiger partial charge >= 0.3 is 0 Å². The van der Waals surface area contributed by atoms with E-state index in [-0.39, 0.29) is 21.7 Å². The molecule has 4 aromatic rings. The molecular formula is C44H64. The fraction of sp³-hybridized carbons (Fsp3) is 0.455. The van der Waals surface area contributed by atoms with Gasteiger partial charge < -0.3 is 0 Å². The lowest BCUT2D eigenvalue weighted by Crippen LogP contribution is -2.10. The molecule has 0 spiro atoms. The van der Waals surface area contributed by atoms with Crippen molar-refractivity contribution in [3.63, 3.8) is 0 Å². The van der Waals surface area contributed by atoms with Crippen molar-refractivity contribution in [1.82, 2.24) is 0 Å². The monoisotopic (exact) mass is 593 g/mol. The van der Waals surface area contributed by atoms with Gasteiger partial charge in [-0.2, -0.15) is 0 Å². The Labute approximate surface area is 273 Å². The Morgan fingerprint density at radius 1 is 0.227 bits per heavy atom. The first-order valence-electron chi connectivity index (χ1n) is 16.3. The van der Waals surface area contributed by atoms with Crippen LogP contribution in [0.5, 0.6) is 0 Å². The fourth-order valence-electron chi connectivity index (χ4n) is 4.21. The van der Waals surface area contributed by atoms with Gasteiger partial charge in [0.1, 0.15) is 0 Å². The van der Waals surface area contributed by atoms with Crippen LogP contribution in [-0.4, -0.2) is 0 Å². The summed E-state index contributed by atoms with van der Waals surface area (Å²) in [5, 5.41) is 0. The summed E-state index contributed by atoms with van der Waals surface area (Å²) in [5.74, 6) is 0. The van der Waals surface area contributed by atoms with Crippen LogP contribution in [0.3, 0.4) is 0 Å². The molecule has 0 atom stereocenters. The van der Waals surface area contributed by atoms with Gasteiger partial charge in [-0.3, -0.25) is 0 Å². The molecule has 0 bridgehead atoms. The van der Waals surface area contributed by atoms with Gasteiger partial charge in [-0.05, 0) is 71.6 Å². The zero-order valence-electron chi connectivity index (χ0n) is 31.2. The van der Waals surface area contributed by atoms with Crippen LogP contribution < -0.4 is 0 Å². The molecule has 0 fully saturated rings. The van der Waals surface area contributed by atoms with Gasteiger partial charge in [0.05, 0.1) is 0 Å². The van der Waals surface area contributed by atoms with Gasteiger partial charge in [0.15, 0.2) is 0 Å². The van der Waals surface area contributed by atoms with E-state index in [1.807, 2.05) is 0 Å². The molecular weight excluding hydrogens is 528 g/mol. The predicted octanol–water partition coefficient (Wildman–Crippen LogP) is 13.2. The van der Waals surface area contributed by atoms with Crippen molar-refractivity contribution in [2.24, 2.45) is 0 Å². The van der Waals surface area contributed by atoms with Crippen LogP contribution in [0.2, 0.25) is 0 Å². The molecule has 240 valence electrons. The van der Waals surface area contributed by atoms with Crippen LogP contribution in [0.4, 0.5) is 0 Å². The Morgan fingerprint density at radius 3 is 0.432 bits per heavy atom. The number of hydrogen-bond donors (Lipinski definition) is 0. The van der Waals surface area contributed by atoms with Crippen LogP contribution in [0, 0.1) is 27.7 Å². The largest absolute Gasteiger partial charge is 0.0590 e. The van der Waals surface area contributed by atoms with Gasteiger partial charge in [0.2, 0.25) is 0 Å². The lowest BCUT2D eigenvalue weighted by molar-refractivity contribution is 0.590. The summed E-state index contributed by atoms with van der Waals surface area (Å²) in [7, 11) is 0. The fourth-order valence-corrected chi connectivity index (χ4v) is 4.21. The van der Waals surface area contributed by atoms with Gasteiger partial charge in [-0.25, -0.2) is 0 Å². The van der Waals surface area contributed by atoms with Crippen LogP contribution >= 0.6 is 0 Å². The van der Waals surface area contributed by atoms with Crippen molar-refractivity contribution in [2.45, 2.75) is 132 Å². The molecule has 0 radical (unpaired) electrons. The lowest BCUT2D eigenvalue weighted by atomic mass is 9.87. The van der Waals surface area contributed by atoms with Crippen LogP contribution in [0.1, 0.15) is 128 Å². The smallest absolute Gasteiger partial charge is 0.0132 e. The minimum atomic E-state index is 0.285. The molecule has 0 unspecified atom stereocenters. The second-order valence-corrected chi connectivity index (χ2v) is 16.5. The second-order valence-electron chi connectivity index (χ2n) is 16.5. The van der Waals surface area contributed by atoms with Crippen LogP contribution in [0.25, 0.3) is 0 Å². The highest BCUT2D eigenvalue weighted by Crippen LogP contribution is 2.24. The molecule has 44 heavy (non-hydrogen) atoms. The number of aryl methyl sites for hydroxylation is 4. The van der Waals surface area contributed by atoms with E-state index in [9.17, 15) is 0 Å². The summed E-state index contributed by atoms with van der Waals surface area (Å²) in [6, 6.07) is 35.0. The molecule has 0 heterocycles. The molecule has 0 heteroatoms. The second kappa shape index (κ2) is 16.3. The van der Waals surface area contributed by atoms with Crippen LogP contribution in [-0.2, 0) is 21.7 Å². The Hall–Kier alpha value is -3.12. The van der Waals surface area contributed by atoms with Gasteiger partial charge in [0, 0.05) is 0 Å². The van der Waals surface area contributed by atoms with Crippen molar-refractivity contribution < 1.29 is 0 Å². The van der Waals surface area contributed by atoms with E-state index in [0.717, 1.165) is 0 Å². The van der Waals surface area contributed by atoms with Crippen molar-refractivity contribution in [3.05, 3.63) is 142 Å². The van der Waals surface area contributed by atoms with Crippen molar-refractivity contribution in [2.75, 3.05) is 0 Å². The summed E-state index contributed by atoms with van der Waals surface area (Å²) in [5.41, 5.74) is 12.1. The highest BCUT2D eigenvalue weighted by molar-refractivity contribution is 5.29. The average molecular weight is 593 g/mol. The maximum Gasteiger partial charge on any atom is -0.0132 e. The summed E-state index contributed by atoms with van der Waals surface area (Å²) in [4.78, 5) is 0. The van der Waals surface area contributed by atoms with E-state index in [1.54, 1.807) is 0 Å². The Bertz CT molecular complexity index is 1110. The van der Waals surface area contributed by atoms with Crippen molar-refractivity contribution >= 4 is 0 Å². The molecule has 4 aromatic carbocycles. The standard InChI is InChI=1S/4C11H16/c4*1-9-5-7-10(8-6-9)11(2,3)4/h4*5-8H,1-4H3. The van der Waals surface area contributed by atoms with Gasteiger partial charge in [-0.15, -0.1) is 0 Å². The molecule has 0 aliphatic rings. The minimum absolute atomic E-state index is 0.285. The van der Waals surface area contributed by atoms with E-state index in [0.29, 0.717) is 0 Å². The third-order valence-corrected chi connectivity index (χ3v) is 7.67. The SMILES string of the molecule is Cc1ccc(C(C)(C)C)cc1.Cc1ccc(C(C)(C)C)cc1.Cc1ccc(C(C)(C)C)cc1.Cc1ccc(C(C)(C)C)cc1. The lowest BCUT2D eigenvalue weighted by Gasteiger charge is -2.18. The normalized spacial score (nSPS) is 11.6. The first kappa shape index (κ1) is 38.9. The zero-order chi connectivity index (χ0) is 33.9. The quantitative estimate of drug-likeness (QED) is 0.190. The predicted molar refractivity (Wildman–Crippen MR) is 200 cm³/mol. The van der Waals surface area contributed by atoms with Crippen LogP contribution in [0.15, 0.2) is 97.1 Å².